The zero-order valence-corrected chi connectivity index (χ0v) is 18.0. The average Bonchev–Trinajstić information content (AvgIpc) is 3.24. The van der Waals surface area contributed by atoms with Crippen LogP contribution in [-0.2, 0) is 12.8 Å². The van der Waals surface area contributed by atoms with Gasteiger partial charge in [-0.2, -0.15) is 0 Å². The fourth-order valence-corrected chi connectivity index (χ4v) is 6.38. The van der Waals surface area contributed by atoms with Crippen molar-refractivity contribution in [3.63, 3.8) is 0 Å². The third-order valence-corrected chi connectivity index (χ3v) is 8.02. The highest BCUT2D eigenvalue weighted by Crippen LogP contribution is 2.32. The first-order valence-electron chi connectivity index (χ1n) is 11.2. The Morgan fingerprint density at radius 1 is 0.931 bits per heavy atom. The lowest BCUT2D eigenvalue weighted by atomic mass is 9.94. The van der Waals surface area contributed by atoms with Crippen LogP contribution in [0.2, 0.25) is 0 Å². The normalized spacial score (nSPS) is 23.1. The van der Waals surface area contributed by atoms with Crippen molar-refractivity contribution in [1.82, 2.24) is 9.80 Å². The molecule has 1 amide bonds. The van der Waals surface area contributed by atoms with Crippen molar-refractivity contribution in [2.45, 2.75) is 44.6 Å². The fraction of sp³-hybridized carbons (Fsp3) is 0.542. The molecular formula is C24H31N3OS. The topological polar surface area (TPSA) is 26.8 Å². The van der Waals surface area contributed by atoms with Crippen LogP contribution in [0, 0.1) is 0 Å². The predicted molar refractivity (Wildman–Crippen MR) is 120 cm³/mol. The van der Waals surface area contributed by atoms with Crippen molar-refractivity contribution in [1.29, 1.82) is 0 Å². The van der Waals surface area contributed by atoms with Crippen LogP contribution in [0.5, 0.6) is 0 Å². The van der Waals surface area contributed by atoms with Crippen molar-refractivity contribution in [3.05, 3.63) is 51.7 Å². The van der Waals surface area contributed by atoms with Gasteiger partial charge < -0.3 is 9.80 Å². The number of para-hydroxylation sites is 1. The smallest absolute Gasteiger partial charge is 0.255 e. The molecule has 3 heterocycles. The highest BCUT2D eigenvalue weighted by molar-refractivity contribution is 7.10. The van der Waals surface area contributed by atoms with Crippen LogP contribution in [0.4, 0.5) is 5.69 Å². The van der Waals surface area contributed by atoms with E-state index in [4.69, 9.17) is 0 Å². The van der Waals surface area contributed by atoms with E-state index >= 15 is 0 Å². The zero-order valence-electron chi connectivity index (χ0n) is 17.2. The molecule has 1 atom stereocenters. The van der Waals surface area contributed by atoms with Crippen LogP contribution >= 0.6 is 11.3 Å². The molecule has 29 heavy (non-hydrogen) atoms. The van der Waals surface area contributed by atoms with E-state index in [9.17, 15) is 4.79 Å². The molecule has 0 bridgehead atoms. The highest BCUT2D eigenvalue weighted by atomic mass is 32.1. The van der Waals surface area contributed by atoms with Crippen molar-refractivity contribution < 1.29 is 4.79 Å². The number of carbonyl (C=O) groups excluding carboxylic acids is 1. The zero-order chi connectivity index (χ0) is 19.6. The van der Waals surface area contributed by atoms with Crippen LogP contribution in [0.3, 0.4) is 0 Å². The Morgan fingerprint density at radius 3 is 2.55 bits per heavy atom. The molecule has 0 N–H and O–H groups in total. The van der Waals surface area contributed by atoms with Gasteiger partial charge in [0.25, 0.3) is 5.91 Å². The first kappa shape index (κ1) is 19.1. The lowest BCUT2D eigenvalue weighted by Crippen LogP contribution is -2.55. The number of piperazine rings is 1. The molecule has 4 nitrogen and oxygen atoms in total. The third kappa shape index (κ3) is 3.95. The molecule has 5 heteroatoms. The largest absolute Gasteiger partial charge is 0.369 e. The molecule has 0 radical (unpaired) electrons. The summed E-state index contributed by atoms with van der Waals surface area (Å²) < 4.78 is 0. The van der Waals surface area contributed by atoms with Crippen molar-refractivity contribution in [3.8, 4) is 0 Å². The fourth-order valence-electron chi connectivity index (χ4n) is 5.26. The molecule has 1 aromatic heterocycles. The van der Waals surface area contributed by atoms with E-state index in [0.717, 1.165) is 57.7 Å². The molecular weight excluding hydrogens is 378 g/mol. The lowest BCUT2D eigenvalue weighted by Gasteiger charge is -2.44. The molecule has 0 saturated carbocycles. The molecule has 5 rings (SSSR count). The van der Waals surface area contributed by atoms with Gasteiger partial charge in [-0.15, -0.1) is 11.3 Å². The van der Waals surface area contributed by atoms with E-state index in [1.54, 1.807) is 0 Å². The Balaban J connectivity index is 1.21. The first-order chi connectivity index (χ1) is 14.3. The van der Waals surface area contributed by atoms with Gasteiger partial charge in [-0.05, 0) is 56.2 Å². The van der Waals surface area contributed by atoms with E-state index < -0.39 is 0 Å². The Labute approximate surface area is 178 Å². The van der Waals surface area contributed by atoms with Gasteiger partial charge >= 0.3 is 0 Å². The standard InChI is InChI=1S/C24H31N3OS/c28-24(22-18-29-23-11-5-4-10-21(22)23)27-12-6-9-20(17-27)26-15-13-25(14-16-26)19-7-2-1-3-8-19/h1-3,7-8,18,20H,4-6,9-17H2. The Hall–Kier alpha value is -1.85. The van der Waals surface area contributed by atoms with E-state index in [-0.39, 0.29) is 5.91 Å². The summed E-state index contributed by atoms with van der Waals surface area (Å²) in [4.78, 5) is 22.0. The summed E-state index contributed by atoms with van der Waals surface area (Å²) in [5.74, 6) is 0.289. The van der Waals surface area contributed by atoms with Gasteiger partial charge in [0.2, 0.25) is 0 Å². The minimum atomic E-state index is 0.289. The van der Waals surface area contributed by atoms with Crippen LogP contribution in [-0.4, -0.2) is 61.0 Å². The van der Waals surface area contributed by atoms with Gasteiger partial charge in [-0.1, -0.05) is 18.2 Å². The number of likely N-dealkylation sites (tertiary alicyclic amines) is 1. The number of carbonyl (C=O) groups is 1. The maximum Gasteiger partial charge on any atom is 0.255 e. The third-order valence-electron chi connectivity index (χ3n) is 6.93. The average molecular weight is 410 g/mol. The van der Waals surface area contributed by atoms with E-state index in [2.05, 4.69) is 50.4 Å². The second-order valence-electron chi connectivity index (χ2n) is 8.66. The molecule has 2 aliphatic heterocycles. The van der Waals surface area contributed by atoms with E-state index in [1.165, 1.54) is 41.8 Å². The number of benzene rings is 1. The number of amides is 1. The van der Waals surface area contributed by atoms with Crippen LogP contribution in [0.1, 0.15) is 46.5 Å². The molecule has 1 aliphatic carbocycles. The summed E-state index contributed by atoms with van der Waals surface area (Å²) >= 11 is 1.81. The summed E-state index contributed by atoms with van der Waals surface area (Å²) in [5, 5.41) is 2.14. The summed E-state index contributed by atoms with van der Waals surface area (Å²) in [7, 11) is 0. The molecule has 1 aromatic carbocycles. The quantitative estimate of drug-likeness (QED) is 0.765. The molecule has 154 valence electrons. The number of nitrogens with zero attached hydrogens (tertiary/aromatic N) is 3. The van der Waals surface area contributed by atoms with Gasteiger partial charge in [-0.25, -0.2) is 0 Å². The number of piperidine rings is 1. The molecule has 2 fully saturated rings. The van der Waals surface area contributed by atoms with Crippen molar-refractivity contribution >= 4 is 22.9 Å². The van der Waals surface area contributed by atoms with Crippen molar-refractivity contribution in [2.24, 2.45) is 0 Å². The van der Waals surface area contributed by atoms with Gasteiger partial charge in [0.05, 0.1) is 5.56 Å². The van der Waals surface area contributed by atoms with Gasteiger partial charge in [0, 0.05) is 61.3 Å². The number of anilines is 1. The summed E-state index contributed by atoms with van der Waals surface area (Å²) in [6.07, 6.45) is 7.12. The minimum Gasteiger partial charge on any atom is -0.369 e. The number of hydrogen-bond acceptors (Lipinski definition) is 4. The first-order valence-corrected chi connectivity index (χ1v) is 12.1. The second kappa shape index (κ2) is 8.49. The summed E-state index contributed by atoms with van der Waals surface area (Å²) in [5.41, 5.74) is 3.71. The van der Waals surface area contributed by atoms with Crippen LogP contribution < -0.4 is 4.90 Å². The molecule has 2 saturated heterocycles. The maximum absolute atomic E-state index is 13.3. The predicted octanol–water partition coefficient (Wildman–Crippen LogP) is 4.05. The minimum absolute atomic E-state index is 0.289. The molecule has 3 aliphatic rings. The van der Waals surface area contributed by atoms with E-state index in [0.29, 0.717) is 6.04 Å². The van der Waals surface area contributed by atoms with Crippen LogP contribution in [0.25, 0.3) is 0 Å². The number of aryl methyl sites for hydroxylation is 1. The SMILES string of the molecule is O=C(c1csc2c1CCCC2)N1CCCC(N2CCN(c3ccccc3)CC2)C1. The molecule has 0 spiro atoms. The Kier molecular flexibility index (Phi) is 5.60. The van der Waals surface area contributed by atoms with Gasteiger partial charge in [0.1, 0.15) is 0 Å². The number of thiophene rings is 1. The monoisotopic (exact) mass is 409 g/mol. The van der Waals surface area contributed by atoms with Crippen LogP contribution in [0.15, 0.2) is 35.7 Å². The second-order valence-corrected chi connectivity index (χ2v) is 9.63. The summed E-state index contributed by atoms with van der Waals surface area (Å²) in [6.45, 7) is 6.16. The Morgan fingerprint density at radius 2 is 1.72 bits per heavy atom. The van der Waals surface area contributed by atoms with Gasteiger partial charge in [-0.3, -0.25) is 9.69 Å². The summed E-state index contributed by atoms with van der Waals surface area (Å²) in [6, 6.07) is 11.2. The van der Waals surface area contributed by atoms with Crippen molar-refractivity contribution in [2.75, 3.05) is 44.2 Å². The number of fused-ring (bicyclic) bond motifs is 1. The highest BCUT2D eigenvalue weighted by Gasteiger charge is 2.32. The maximum atomic E-state index is 13.3. The molecule has 2 aromatic rings. The lowest BCUT2D eigenvalue weighted by molar-refractivity contribution is 0.0563. The number of rotatable bonds is 3. The molecule has 1 unspecified atom stereocenters. The number of hydrogen-bond donors (Lipinski definition) is 0. The Bertz CT molecular complexity index is 841. The van der Waals surface area contributed by atoms with Gasteiger partial charge in [0.15, 0.2) is 0 Å². The van der Waals surface area contributed by atoms with E-state index in [1.807, 2.05) is 11.3 Å².